The Hall–Kier alpha value is -3.54. The van der Waals surface area contributed by atoms with E-state index < -0.39 is 22.4 Å². The molecule has 0 saturated heterocycles. The minimum absolute atomic E-state index is 0.120. The Morgan fingerprint density at radius 3 is 2.49 bits per heavy atom. The van der Waals surface area contributed by atoms with Crippen molar-refractivity contribution < 1.29 is 29.2 Å². The fraction of sp³-hybridized carbons (Fsp3) is 0.174. The number of benzene rings is 2. The number of esters is 1. The summed E-state index contributed by atoms with van der Waals surface area (Å²) >= 11 is 7.88. The summed E-state index contributed by atoms with van der Waals surface area (Å²) in [5.41, 5.74) is 0.495. The van der Waals surface area contributed by atoms with Gasteiger partial charge in [-0.1, -0.05) is 23.7 Å². The fourth-order valence-corrected chi connectivity index (χ4v) is 5.41. The van der Waals surface area contributed by atoms with Gasteiger partial charge in [0.15, 0.2) is 4.70 Å². The number of fused-ring (bicyclic) bond motifs is 1. The molecule has 0 spiro atoms. The first-order valence-electron chi connectivity index (χ1n) is 10.2. The third-order valence-electron chi connectivity index (χ3n) is 4.76. The quantitative estimate of drug-likeness (QED) is 0.108. The Kier molecular flexibility index (Phi) is 6.50. The second kappa shape index (κ2) is 9.25. The number of halogens is 1. The number of hydrogen-bond donors (Lipinski definition) is 2. The van der Waals surface area contributed by atoms with Crippen LogP contribution < -0.4 is 10.0 Å². The Labute approximate surface area is 212 Å². The van der Waals surface area contributed by atoms with E-state index in [1.54, 1.807) is 50.4 Å². The van der Waals surface area contributed by atoms with E-state index in [-0.39, 0.29) is 31.5 Å². The van der Waals surface area contributed by atoms with E-state index in [2.05, 4.69) is 5.32 Å². The lowest BCUT2D eigenvalue weighted by Crippen LogP contribution is -2.37. The van der Waals surface area contributed by atoms with Crippen LogP contribution in [0.3, 0.4) is 0 Å². The van der Waals surface area contributed by atoms with Crippen LogP contribution in [0, 0.1) is 10.1 Å². The number of nitro groups is 1. The standard InChI is InChI=1S/C23H18ClN3O6S2/c1-23(2,3)33-22(29)17-14(12-7-9-13(24)10-8-12)11-34-20(17)25-19(28)21-26(30)15-5-4-6-16(27(31)32)18(15)35-21/h4-11H,1-3H3,(H-,25,28,29,30)/p+1. The molecular weight excluding hydrogens is 514 g/mol. The molecule has 2 N–H and O–H groups in total. The molecular formula is C23H19ClN3O6S2+. The number of rotatable bonds is 5. The number of amides is 1. The molecule has 9 nitrogen and oxygen atoms in total. The predicted molar refractivity (Wildman–Crippen MR) is 134 cm³/mol. The second-order valence-electron chi connectivity index (χ2n) is 8.42. The Bertz CT molecular complexity index is 1470. The number of nitro benzene ring substituents is 1. The highest BCUT2D eigenvalue weighted by molar-refractivity contribution is 7.20. The van der Waals surface area contributed by atoms with Crippen LogP contribution in [-0.4, -0.2) is 27.6 Å². The number of anilines is 1. The van der Waals surface area contributed by atoms with Crippen molar-refractivity contribution in [2.75, 3.05) is 5.32 Å². The summed E-state index contributed by atoms with van der Waals surface area (Å²) in [4.78, 5) is 37.0. The van der Waals surface area contributed by atoms with Gasteiger partial charge in [0.05, 0.1) is 4.92 Å². The summed E-state index contributed by atoms with van der Waals surface area (Å²) < 4.78 is 6.32. The third-order valence-corrected chi connectivity index (χ3v) is 7.08. The molecule has 0 aliphatic rings. The van der Waals surface area contributed by atoms with Crippen LogP contribution in [0.25, 0.3) is 21.3 Å². The van der Waals surface area contributed by atoms with E-state index in [1.807, 2.05) is 0 Å². The summed E-state index contributed by atoms with van der Waals surface area (Å²) in [7, 11) is 0. The number of non-ortho nitro benzene ring substituents is 1. The minimum atomic E-state index is -0.782. The highest BCUT2D eigenvalue weighted by Gasteiger charge is 2.34. The van der Waals surface area contributed by atoms with Crippen molar-refractivity contribution in [2.24, 2.45) is 0 Å². The number of thiophene rings is 1. The van der Waals surface area contributed by atoms with E-state index >= 15 is 0 Å². The molecule has 0 fully saturated rings. The number of nitrogens with one attached hydrogen (secondary N) is 1. The molecule has 4 aromatic rings. The molecule has 2 aromatic carbocycles. The average molecular weight is 533 g/mol. The Morgan fingerprint density at radius 1 is 1.17 bits per heavy atom. The van der Waals surface area contributed by atoms with Crippen molar-refractivity contribution in [3.63, 3.8) is 0 Å². The zero-order chi connectivity index (χ0) is 25.5. The number of ether oxygens (including phenoxy) is 1. The number of thiazole rings is 1. The first kappa shape index (κ1) is 24.6. The van der Waals surface area contributed by atoms with Crippen molar-refractivity contribution in [3.8, 4) is 11.1 Å². The first-order valence-corrected chi connectivity index (χ1v) is 12.3. The highest BCUT2D eigenvalue weighted by Crippen LogP contribution is 2.38. The van der Waals surface area contributed by atoms with Gasteiger partial charge in [0.25, 0.3) is 11.2 Å². The number of carbonyl (C=O) groups excluding carboxylic acids is 2. The Morgan fingerprint density at radius 2 is 1.86 bits per heavy atom. The summed E-state index contributed by atoms with van der Waals surface area (Å²) in [6.07, 6.45) is 0. The molecule has 0 aliphatic heterocycles. The first-order chi connectivity index (χ1) is 16.5. The van der Waals surface area contributed by atoms with Crippen LogP contribution in [0.15, 0.2) is 47.8 Å². The van der Waals surface area contributed by atoms with Crippen LogP contribution in [0.2, 0.25) is 5.02 Å². The van der Waals surface area contributed by atoms with Crippen LogP contribution in [0.5, 0.6) is 0 Å². The summed E-state index contributed by atoms with van der Waals surface area (Å²) in [6, 6.07) is 11.0. The van der Waals surface area contributed by atoms with Crippen LogP contribution >= 0.6 is 34.3 Å². The number of aromatic nitrogens is 1. The van der Waals surface area contributed by atoms with Gasteiger partial charge >= 0.3 is 16.9 Å². The number of nitrogens with zero attached hydrogens (tertiary/aromatic N) is 2. The van der Waals surface area contributed by atoms with Crippen LogP contribution in [-0.2, 0) is 4.74 Å². The van der Waals surface area contributed by atoms with Crippen molar-refractivity contribution in [3.05, 3.63) is 73.6 Å². The summed E-state index contributed by atoms with van der Waals surface area (Å²) in [6.45, 7) is 5.20. The highest BCUT2D eigenvalue weighted by atomic mass is 35.5. The smallest absolute Gasteiger partial charge is 0.378 e. The van der Waals surface area contributed by atoms with E-state index in [9.17, 15) is 24.9 Å². The molecule has 0 radical (unpaired) electrons. The van der Waals surface area contributed by atoms with Gasteiger partial charge in [-0.2, -0.15) is 0 Å². The molecule has 2 heterocycles. The molecule has 35 heavy (non-hydrogen) atoms. The second-order valence-corrected chi connectivity index (χ2v) is 10.7. The molecule has 0 bridgehead atoms. The summed E-state index contributed by atoms with van der Waals surface area (Å²) in [5.74, 6) is -1.37. The molecule has 0 aliphatic carbocycles. The Balaban J connectivity index is 1.76. The molecule has 180 valence electrons. The van der Waals surface area contributed by atoms with Crippen LogP contribution in [0.4, 0.5) is 10.7 Å². The van der Waals surface area contributed by atoms with Crippen molar-refractivity contribution in [2.45, 2.75) is 26.4 Å². The maximum Gasteiger partial charge on any atom is 0.378 e. The van der Waals surface area contributed by atoms with Gasteiger partial charge in [-0.05, 0) is 55.9 Å². The van der Waals surface area contributed by atoms with Gasteiger partial charge in [0.1, 0.15) is 16.2 Å². The zero-order valence-electron chi connectivity index (χ0n) is 18.7. The summed E-state index contributed by atoms with van der Waals surface area (Å²) in [5, 5.41) is 26.8. The normalized spacial score (nSPS) is 11.4. The topological polar surface area (TPSA) is 123 Å². The number of hydrogen-bond acceptors (Lipinski definition) is 8. The van der Waals surface area contributed by atoms with Crippen molar-refractivity contribution in [1.29, 1.82) is 0 Å². The van der Waals surface area contributed by atoms with E-state index in [1.165, 1.54) is 18.2 Å². The molecule has 4 rings (SSSR count). The average Bonchev–Trinajstić information content (AvgIpc) is 3.34. The molecule has 2 aromatic heterocycles. The lowest BCUT2D eigenvalue weighted by molar-refractivity contribution is -0.882. The van der Waals surface area contributed by atoms with Gasteiger partial charge in [0.2, 0.25) is 0 Å². The van der Waals surface area contributed by atoms with Crippen molar-refractivity contribution >= 4 is 67.1 Å². The molecule has 0 unspecified atom stereocenters. The maximum atomic E-state index is 13.1. The molecule has 0 atom stereocenters. The lowest BCUT2D eigenvalue weighted by atomic mass is 10.0. The minimum Gasteiger partial charge on any atom is -0.456 e. The van der Waals surface area contributed by atoms with Crippen molar-refractivity contribution in [1.82, 2.24) is 0 Å². The molecule has 0 saturated carbocycles. The maximum absolute atomic E-state index is 13.1. The van der Waals surface area contributed by atoms with E-state index in [0.717, 1.165) is 22.7 Å². The van der Waals surface area contributed by atoms with Gasteiger partial charge < -0.3 is 10.1 Å². The number of carbonyl (C=O) groups is 2. The molecule has 12 heteroatoms. The van der Waals surface area contributed by atoms with Gasteiger partial charge in [-0.3, -0.25) is 20.1 Å². The van der Waals surface area contributed by atoms with Crippen LogP contribution in [0.1, 0.15) is 40.9 Å². The molecule has 1 amide bonds. The van der Waals surface area contributed by atoms with Gasteiger partial charge in [0, 0.05) is 32.8 Å². The third kappa shape index (κ3) is 4.97. The SMILES string of the molecule is CC(C)(C)OC(=O)c1c(-c2ccc(Cl)cc2)csc1NC(=O)c1sc2c([N+](=O)[O-])cccc2[n+]1O. The monoisotopic (exact) mass is 532 g/mol. The van der Waals surface area contributed by atoms with Gasteiger partial charge in [-0.15, -0.1) is 11.3 Å². The van der Waals surface area contributed by atoms with Gasteiger partial charge in [-0.25, -0.2) is 4.79 Å². The largest absolute Gasteiger partial charge is 0.456 e. The van der Waals surface area contributed by atoms with E-state index in [0.29, 0.717) is 20.9 Å². The lowest BCUT2D eigenvalue weighted by Gasteiger charge is -2.20. The fourth-order valence-electron chi connectivity index (χ4n) is 3.30. The van der Waals surface area contributed by atoms with E-state index in [4.69, 9.17) is 16.3 Å². The zero-order valence-corrected chi connectivity index (χ0v) is 21.1. The predicted octanol–water partition coefficient (Wildman–Crippen LogP) is 5.92.